The van der Waals surface area contributed by atoms with E-state index in [0.29, 0.717) is 0 Å². The number of hydrogen-bond acceptors (Lipinski definition) is 1. The first-order valence-corrected chi connectivity index (χ1v) is 9.13. The molecule has 2 N–H and O–H groups in total. The molecule has 3 aromatic rings. The summed E-state index contributed by atoms with van der Waals surface area (Å²) in [5.74, 6) is 0. The van der Waals surface area contributed by atoms with Crippen molar-refractivity contribution in [2.24, 2.45) is 0 Å². The summed E-state index contributed by atoms with van der Waals surface area (Å²) in [5, 5.41) is 6.72. The van der Waals surface area contributed by atoms with Crippen LogP contribution in [0.4, 0.5) is 5.69 Å². The van der Waals surface area contributed by atoms with Crippen molar-refractivity contribution in [3.05, 3.63) is 78.4 Å². The summed E-state index contributed by atoms with van der Waals surface area (Å²) in [5.41, 5.74) is 2.58. The summed E-state index contributed by atoms with van der Waals surface area (Å²) in [6, 6.07) is 25.6. The normalized spacial score (nSPS) is 17.5. The van der Waals surface area contributed by atoms with E-state index in [0.717, 1.165) is 31.4 Å². The van der Waals surface area contributed by atoms with E-state index >= 15 is 0 Å². The fourth-order valence-corrected chi connectivity index (χ4v) is 3.65. The highest BCUT2D eigenvalue weighted by atomic mass is 32.1. The van der Waals surface area contributed by atoms with Crippen LogP contribution in [0.15, 0.2) is 72.8 Å². The van der Waals surface area contributed by atoms with Crippen LogP contribution >= 0.6 is 12.2 Å². The van der Waals surface area contributed by atoms with Gasteiger partial charge in [-0.1, -0.05) is 66.7 Å². The summed E-state index contributed by atoms with van der Waals surface area (Å²) >= 11 is 5.60. The van der Waals surface area contributed by atoms with Crippen molar-refractivity contribution in [1.29, 1.82) is 0 Å². The van der Waals surface area contributed by atoms with Gasteiger partial charge in [-0.15, -0.1) is 0 Å². The number of hydrogen-bond donors (Lipinski definition) is 2. The van der Waals surface area contributed by atoms with Gasteiger partial charge in [-0.05, 0) is 29.2 Å². The van der Waals surface area contributed by atoms with Crippen molar-refractivity contribution in [1.82, 2.24) is 5.32 Å². The van der Waals surface area contributed by atoms with E-state index in [1.54, 1.807) is 0 Å². The van der Waals surface area contributed by atoms with Crippen LogP contribution in [0.3, 0.4) is 0 Å². The van der Waals surface area contributed by atoms with E-state index in [1.165, 1.54) is 26.9 Å². The van der Waals surface area contributed by atoms with Crippen LogP contribution in [-0.4, -0.2) is 25.0 Å². The number of quaternary nitrogens is 1. The average molecular weight is 348 g/mol. The van der Waals surface area contributed by atoms with E-state index in [2.05, 4.69) is 83.0 Å². The zero-order chi connectivity index (χ0) is 17.1. The van der Waals surface area contributed by atoms with Gasteiger partial charge in [0.2, 0.25) is 0 Å². The maximum Gasteiger partial charge on any atom is 0.182 e. The summed E-state index contributed by atoms with van der Waals surface area (Å²) in [6.45, 7) is 2.86. The van der Waals surface area contributed by atoms with E-state index in [-0.39, 0.29) is 0 Å². The highest BCUT2D eigenvalue weighted by molar-refractivity contribution is 7.80. The number of rotatable bonds is 4. The lowest BCUT2D eigenvalue weighted by molar-refractivity contribution is -0.902. The molecule has 1 fully saturated rings. The Labute approximate surface area is 153 Å². The van der Waals surface area contributed by atoms with Gasteiger partial charge in [-0.3, -0.25) is 4.90 Å². The fraction of sp³-hybridized carbons (Fsp3) is 0.190. The number of benzene rings is 3. The molecule has 4 heteroatoms. The Hall–Kier alpha value is -2.43. The zero-order valence-electron chi connectivity index (χ0n) is 14.1. The van der Waals surface area contributed by atoms with Gasteiger partial charge in [0.15, 0.2) is 18.4 Å². The minimum atomic E-state index is 0.819. The molecule has 0 saturated carbocycles. The summed E-state index contributed by atoms with van der Waals surface area (Å²) in [6.07, 6.45) is 1.08. The van der Waals surface area contributed by atoms with Gasteiger partial charge >= 0.3 is 0 Å². The zero-order valence-corrected chi connectivity index (χ0v) is 14.9. The molecule has 0 amide bonds. The average Bonchev–Trinajstić information content (AvgIpc) is 2.68. The van der Waals surface area contributed by atoms with Crippen molar-refractivity contribution < 1.29 is 4.90 Å². The topological polar surface area (TPSA) is 19.7 Å². The highest BCUT2D eigenvalue weighted by Crippen LogP contribution is 2.26. The molecule has 0 aliphatic carbocycles. The SMILES string of the molecule is S=C1NC[NH+](CCc2ccccc2)CN1c1cccc2ccccc12. The van der Waals surface area contributed by atoms with Gasteiger partial charge in [0.1, 0.15) is 0 Å². The summed E-state index contributed by atoms with van der Waals surface area (Å²) in [4.78, 5) is 3.73. The molecule has 3 nitrogen and oxygen atoms in total. The van der Waals surface area contributed by atoms with Crippen molar-refractivity contribution in [2.45, 2.75) is 6.42 Å². The molecule has 1 unspecified atom stereocenters. The fourth-order valence-electron chi connectivity index (χ4n) is 3.42. The number of anilines is 1. The molecule has 1 heterocycles. The van der Waals surface area contributed by atoms with Crippen LogP contribution in [0.1, 0.15) is 5.56 Å². The molecule has 0 spiro atoms. The Balaban J connectivity index is 1.53. The number of fused-ring (bicyclic) bond motifs is 1. The second-order valence-electron chi connectivity index (χ2n) is 6.48. The molecular formula is C21H22N3S+. The minimum absolute atomic E-state index is 0.819. The molecule has 25 heavy (non-hydrogen) atoms. The van der Waals surface area contributed by atoms with Crippen molar-refractivity contribution >= 4 is 33.8 Å². The number of nitrogens with one attached hydrogen (secondary N) is 2. The van der Waals surface area contributed by atoms with Gasteiger partial charge in [0.05, 0.1) is 12.2 Å². The maximum atomic E-state index is 5.60. The standard InChI is InChI=1S/C21H21N3S/c25-21-22-15-23(14-13-17-7-2-1-3-8-17)16-24(21)20-12-6-10-18-9-4-5-11-19(18)20/h1-12H,13-16H2,(H,22,25)/p+1. The van der Waals surface area contributed by atoms with Crippen LogP contribution < -0.4 is 15.1 Å². The molecule has 1 atom stereocenters. The summed E-state index contributed by atoms with van der Waals surface area (Å²) in [7, 11) is 0. The van der Waals surface area contributed by atoms with Gasteiger partial charge in [0.25, 0.3) is 0 Å². The highest BCUT2D eigenvalue weighted by Gasteiger charge is 2.25. The lowest BCUT2D eigenvalue weighted by Gasteiger charge is -2.35. The number of nitrogens with zero attached hydrogens (tertiary/aromatic N) is 1. The van der Waals surface area contributed by atoms with Crippen molar-refractivity contribution in [2.75, 3.05) is 24.8 Å². The molecule has 0 bridgehead atoms. The predicted molar refractivity (Wildman–Crippen MR) is 108 cm³/mol. The number of thiocarbonyl (C=S) groups is 1. The second kappa shape index (κ2) is 7.21. The lowest BCUT2D eigenvalue weighted by atomic mass is 10.1. The maximum absolute atomic E-state index is 5.60. The molecule has 3 aromatic carbocycles. The van der Waals surface area contributed by atoms with E-state index in [9.17, 15) is 0 Å². The molecule has 1 aliphatic rings. The minimum Gasteiger partial charge on any atom is -0.315 e. The van der Waals surface area contributed by atoms with Crippen molar-refractivity contribution in [3.63, 3.8) is 0 Å². The van der Waals surface area contributed by atoms with E-state index in [4.69, 9.17) is 12.2 Å². The van der Waals surface area contributed by atoms with Crippen LogP contribution in [0.5, 0.6) is 0 Å². The molecular weight excluding hydrogens is 326 g/mol. The first kappa shape index (κ1) is 16.1. The molecule has 0 radical (unpaired) electrons. The Kier molecular flexibility index (Phi) is 4.63. The molecule has 4 rings (SSSR count). The third-order valence-corrected chi connectivity index (χ3v) is 5.15. The Morgan fingerprint density at radius 2 is 1.68 bits per heavy atom. The Morgan fingerprint density at radius 3 is 2.56 bits per heavy atom. The first-order valence-electron chi connectivity index (χ1n) is 8.72. The lowest BCUT2D eigenvalue weighted by Crippen LogP contribution is -3.17. The van der Waals surface area contributed by atoms with Crippen LogP contribution in [0, 0.1) is 0 Å². The second-order valence-corrected chi connectivity index (χ2v) is 6.87. The molecule has 1 aliphatic heterocycles. The van der Waals surface area contributed by atoms with Crippen LogP contribution in [0.25, 0.3) is 10.8 Å². The third kappa shape index (κ3) is 3.50. The molecule has 0 aromatic heterocycles. The van der Waals surface area contributed by atoms with E-state index in [1.807, 2.05) is 0 Å². The smallest absolute Gasteiger partial charge is 0.182 e. The van der Waals surface area contributed by atoms with Crippen LogP contribution in [0.2, 0.25) is 0 Å². The van der Waals surface area contributed by atoms with Crippen LogP contribution in [-0.2, 0) is 6.42 Å². The quantitative estimate of drug-likeness (QED) is 0.707. The van der Waals surface area contributed by atoms with Crippen molar-refractivity contribution in [3.8, 4) is 0 Å². The van der Waals surface area contributed by atoms with Gasteiger partial charge in [-0.2, -0.15) is 0 Å². The molecule has 1 saturated heterocycles. The first-order chi connectivity index (χ1) is 12.3. The Morgan fingerprint density at radius 1 is 0.920 bits per heavy atom. The van der Waals surface area contributed by atoms with Gasteiger partial charge in [-0.25, -0.2) is 0 Å². The monoisotopic (exact) mass is 348 g/mol. The summed E-state index contributed by atoms with van der Waals surface area (Å²) < 4.78 is 0. The predicted octanol–water partition coefficient (Wildman–Crippen LogP) is 2.58. The van der Waals surface area contributed by atoms with Gasteiger partial charge in [0, 0.05) is 11.8 Å². The molecule has 126 valence electrons. The largest absolute Gasteiger partial charge is 0.315 e. The third-order valence-electron chi connectivity index (χ3n) is 4.78. The Bertz CT molecular complexity index is 873. The van der Waals surface area contributed by atoms with E-state index < -0.39 is 0 Å². The van der Waals surface area contributed by atoms with Gasteiger partial charge < -0.3 is 10.2 Å².